The molecular weight excluding hydrogens is 984 g/mol. The van der Waals surface area contributed by atoms with E-state index in [9.17, 15) is 52.5 Å². The molecule has 0 aromatic carbocycles. The average Bonchev–Trinajstić information content (AvgIpc) is 3.37. The fraction of sp³-hybridized carbons (Fsp3) is 0.804. The zero-order chi connectivity index (χ0) is 55.6. The van der Waals surface area contributed by atoms with Gasteiger partial charge in [-0.15, -0.1) is 0 Å². The van der Waals surface area contributed by atoms with Gasteiger partial charge in [0.2, 0.25) is 5.79 Å². The zero-order valence-electron chi connectivity index (χ0n) is 45.9. The summed E-state index contributed by atoms with van der Waals surface area (Å²) in [4.78, 5) is 72.6. The number of Topliss-reactive ketones (excluding diaryl/α,β-unsaturated/α-hetero) is 3. The third kappa shape index (κ3) is 19.2. The first-order valence-corrected chi connectivity index (χ1v) is 27.2. The molecule has 1 amide bonds. The minimum atomic E-state index is -4.52. The second-order valence-corrected chi connectivity index (χ2v) is 21.7. The number of piperidine rings is 1. The van der Waals surface area contributed by atoms with Crippen molar-refractivity contribution >= 4 is 29.2 Å². The molecule has 19 heteroatoms. The summed E-state index contributed by atoms with van der Waals surface area (Å²) >= 11 is 0. The largest absolute Gasteiger partial charge is 0.460 e. The van der Waals surface area contributed by atoms with E-state index in [1.807, 2.05) is 39.0 Å². The summed E-state index contributed by atoms with van der Waals surface area (Å²) in [6.45, 7) is 10.4. The SMILES string of the molecule is CO[C@@H]1C[C@H](C[C@@H](C)[C@@H]2CC(=O)[C@H](C)/C=C(\C)[C@@H](O)[C@@H](OC)C(=O)[C@H](C)C[C@H](C)/C=C/CC/C=C(\C)C(OCCOCC(F)(F)F)C[C@@H]3CC[C@@H](C)[C@@](O)(O3)C(=O)C(=O)N3CCCC[C@H]3C(=O)O2)CC[C@H]1OCCO. The summed E-state index contributed by atoms with van der Waals surface area (Å²) in [5, 5.41) is 33.0. The first-order chi connectivity index (χ1) is 35.4. The van der Waals surface area contributed by atoms with Crippen LogP contribution in [0.5, 0.6) is 0 Å². The molecule has 1 saturated carbocycles. The Morgan fingerprint density at radius 1 is 0.867 bits per heavy atom. The molecule has 3 heterocycles. The summed E-state index contributed by atoms with van der Waals surface area (Å²) in [5.41, 5.74) is 1.08. The minimum absolute atomic E-state index is 0.00890. The summed E-state index contributed by atoms with van der Waals surface area (Å²) in [6.07, 6.45) is 3.25. The van der Waals surface area contributed by atoms with Crippen molar-refractivity contribution in [2.45, 2.75) is 199 Å². The highest BCUT2D eigenvalue weighted by Crippen LogP contribution is 2.38. The van der Waals surface area contributed by atoms with Crippen molar-refractivity contribution in [2.75, 3.05) is 53.8 Å². The van der Waals surface area contributed by atoms with Crippen molar-refractivity contribution in [1.82, 2.24) is 4.90 Å². The van der Waals surface area contributed by atoms with Crippen LogP contribution in [0.25, 0.3) is 0 Å². The van der Waals surface area contributed by atoms with Gasteiger partial charge in [0.25, 0.3) is 11.7 Å². The molecule has 3 N–H and O–H groups in total. The smallest absolute Gasteiger partial charge is 0.411 e. The Balaban J connectivity index is 1.70. The average molecular weight is 1070 g/mol. The Hall–Kier alpha value is -3.40. The molecule has 0 spiro atoms. The van der Waals surface area contributed by atoms with Gasteiger partial charge in [-0.3, -0.25) is 19.2 Å². The highest BCUT2D eigenvalue weighted by molar-refractivity contribution is 6.39. The van der Waals surface area contributed by atoms with Gasteiger partial charge in [-0.1, -0.05) is 58.9 Å². The summed E-state index contributed by atoms with van der Waals surface area (Å²) in [6, 6.07) is -1.23. The van der Waals surface area contributed by atoms with Crippen LogP contribution in [-0.2, 0) is 57.1 Å². The van der Waals surface area contributed by atoms with E-state index in [2.05, 4.69) is 0 Å². The Labute approximate surface area is 442 Å². The number of esters is 1. The van der Waals surface area contributed by atoms with Crippen LogP contribution in [0.15, 0.2) is 35.5 Å². The molecule has 2 saturated heterocycles. The number of nitrogens with zero attached hydrogens (tertiary/aromatic N) is 1. The zero-order valence-corrected chi connectivity index (χ0v) is 45.9. The van der Waals surface area contributed by atoms with Crippen molar-refractivity contribution in [3.8, 4) is 0 Å². The lowest BCUT2D eigenvalue weighted by atomic mass is 9.78. The summed E-state index contributed by atoms with van der Waals surface area (Å²) in [7, 11) is 2.95. The molecule has 4 aliphatic rings. The molecule has 2 bridgehead atoms. The van der Waals surface area contributed by atoms with Crippen molar-refractivity contribution in [3.63, 3.8) is 0 Å². The molecule has 15 atom stereocenters. The van der Waals surface area contributed by atoms with Gasteiger partial charge in [0.05, 0.1) is 50.8 Å². The molecule has 0 aromatic heterocycles. The lowest BCUT2D eigenvalue weighted by Crippen LogP contribution is -2.61. The monoisotopic (exact) mass is 1070 g/mol. The van der Waals surface area contributed by atoms with Gasteiger partial charge < -0.3 is 53.4 Å². The topological polar surface area (TPSA) is 214 Å². The maximum atomic E-state index is 14.5. The number of ether oxygens (including phenoxy) is 7. The van der Waals surface area contributed by atoms with Crippen LogP contribution in [0, 0.1) is 35.5 Å². The number of alkyl halides is 3. The van der Waals surface area contributed by atoms with Crippen molar-refractivity contribution in [1.29, 1.82) is 0 Å². The fourth-order valence-electron chi connectivity index (χ4n) is 11.1. The molecule has 4 rings (SSSR count). The van der Waals surface area contributed by atoms with Gasteiger partial charge in [-0.2, -0.15) is 13.2 Å². The van der Waals surface area contributed by atoms with Crippen LogP contribution in [-0.4, -0.2) is 164 Å². The number of amides is 1. The van der Waals surface area contributed by atoms with Crippen LogP contribution in [0.1, 0.15) is 138 Å². The highest BCUT2D eigenvalue weighted by Gasteiger charge is 2.53. The van der Waals surface area contributed by atoms with Gasteiger partial charge in [-0.25, -0.2) is 4.79 Å². The van der Waals surface area contributed by atoms with E-state index in [1.165, 1.54) is 7.11 Å². The number of carbonyl (C=O) groups is 5. The third-order valence-corrected chi connectivity index (χ3v) is 15.6. The Morgan fingerprint density at radius 3 is 2.28 bits per heavy atom. The van der Waals surface area contributed by atoms with Crippen LogP contribution < -0.4 is 0 Å². The number of hydrogen-bond acceptors (Lipinski definition) is 15. The van der Waals surface area contributed by atoms with Crippen LogP contribution in [0.4, 0.5) is 13.2 Å². The Morgan fingerprint density at radius 2 is 1.60 bits per heavy atom. The van der Waals surface area contributed by atoms with Crippen molar-refractivity contribution in [3.05, 3.63) is 35.5 Å². The maximum absolute atomic E-state index is 14.5. The Bertz CT molecular complexity index is 1940. The van der Waals surface area contributed by atoms with E-state index in [0.29, 0.717) is 63.4 Å². The predicted octanol–water partition coefficient (Wildman–Crippen LogP) is 7.37. The number of aliphatic hydroxyl groups excluding tert-OH is 2. The van der Waals surface area contributed by atoms with Gasteiger partial charge in [0.15, 0.2) is 5.78 Å². The van der Waals surface area contributed by atoms with Gasteiger partial charge in [0.1, 0.15) is 36.7 Å². The minimum Gasteiger partial charge on any atom is -0.460 e. The normalized spacial score (nSPS) is 36.7. The summed E-state index contributed by atoms with van der Waals surface area (Å²) in [5.74, 6) is -8.82. The van der Waals surface area contributed by atoms with Gasteiger partial charge >= 0.3 is 12.1 Å². The number of halogens is 3. The third-order valence-electron chi connectivity index (χ3n) is 15.6. The van der Waals surface area contributed by atoms with Crippen molar-refractivity contribution in [2.24, 2.45) is 35.5 Å². The van der Waals surface area contributed by atoms with E-state index < -0.39 is 90.5 Å². The molecular formula is C56H88F3NO15. The van der Waals surface area contributed by atoms with Crippen molar-refractivity contribution < 1.29 is 85.6 Å². The van der Waals surface area contributed by atoms with E-state index >= 15 is 0 Å². The number of carbonyl (C=O) groups excluding carboxylic acids is 5. The van der Waals surface area contributed by atoms with Gasteiger partial charge in [0, 0.05) is 51.4 Å². The molecule has 3 fully saturated rings. The number of rotatable bonds is 13. The number of aliphatic hydroxyl groups is 3. The highest BCUT2D eigenvalue weighted by atomic mass is 19.4. The van der Waals surface area contributed by atoms with Crippen LogP contribution in [0.2, 0.25) is 0 Å². The second kappa shape index (κ2) is 30.7. The molecule has 3 aliphatic heterocycles. The number of ketones is 3. The molecule has 0 radical (unpaired) electrons. The number of hydrogen-bond donors (Lipinski definition) is 3. The van der Waals surface area contributed by atoms with E-state index in [-0.39, 0.29) is 100 Å². The lowest BCUT2D eigenvalue weighted by molar-refractivity contribution is -0.266. The molecule has 1 unspecified atom stereocenters. The lowest BCUT2D eigenvalue weighted by Gasteiger charge is -2.43. The molecule has 75 heavy (non-hydrogen) atoms. The predicted molar refractivity (Wildman–Crippen MR) is 272 cm³/mol. The Kier molecular flexibility index (Phi) is 26.2. The first-order valence-electron chi connectivity index (χ1n) is 27.2. The first kappa shape index (κ1) is 64.1. The van der Waals surface area contributed by atoms with Crippen LogP contribution in [0.3, 0.4) is 0 Å². The molecule has 428 valence electrons. The molecule has 16 nitrogen and oxygen atoms in total. The van der Waals surface area contributed by atoms with E-state index in [0.717, 1.165) is 16.9 Å². The summed E-state index contributed by atoms with van der Waals surface area (Å²) < 4.78 is 79.1. The van der Waals surface area contributed by atoms with Crippen LogP contribution >= 0.6 is 0 Å². The van der Waals surface area contributed by atoms with Gasteiger partial charge in [-0.05, 0) is 120 Å². The number of fused-ring (bicyclic) bond motifs is 3. The molecule has 0 aromatic rings. The number of allylic oxidation sites excluding steroid dienone is 4. The molecule has 1 aliphatic carbocycles. The van der Waals surface area contributed by atoms with E-state index in [1.54, 1.807) is 40.9 Å². The second-order valence-electron chi connectivity index (χ2n) is 21.7. The standard InChI is InChI=1S/C56H88F3NO15/c1-34-15-11-10-12-16-35(2)46(73-26-25-71-33-55(57,58)59)31-42-20-18-40(7)56(68,75-42)52(65)53(66)60-22-14-13-17-43(60)54(67)74-47(37(4)29-41-19-21-45(72-24-23-61)48(30-41)69-8)32-44(62)36(3)28-39(6)50(64)51(70-9)49(63)38(5)27-34/h11,15-16,28,34,36-38,40-43,45-48,50-51,61,64,68H,10,12-14,17-27,29-33H2,1-9H3/b15-11+,35-16+,39-28+/t34-,36-,37-,38-,40-,41+,42+,43+,45-,46?,47+,48-,50-,51+,56-/m1/s1. The quantitative estimate of drug-likeness (QED) is 0.0711. The number of cyclic esters (lactones) is 1. The number of methoxy groups -OCH3 is 2. The fourth-order valence-corrected chi connectivity index (χ4v) is 11.1. The maximum Gasteiger partial charge on any atom is 0.411 e. The van der Waals surface area contributed by atoms with E-state index in [4.69, 9.17) is 33.2 Å².